The van der Waals surface area contributed by atoms with E-state index in [-0.39, 0.29) is 22.1 Å². The lowest BCUT2D eigenvalue weighted by atomic mass is 10.1. The number of anilines is 1. The quantitative estimate of drug-likeness (QED) is 0.429. The Morgan fingerprint density at radius 1 is 1.05 bits per heavy atom. The van der Waals surface area contributed by atoms with Crippen LogP contribution in [0.3, 0.4) is 0 Å². The molecule has 22 heavy (non-hydrogen) atoms. The first-order chi connectivity index (χ1) is 10.6. The van der Waals surface area contributed by atoms with E-state index < -0.39 is 4.92 Å². The van der Waals surface area contributed by atoms with Gasteiger partial charge in [0.15, 0.2) is 0 Å². The van der Waals surface area contributed by atoms with Gasteiger partial charge in [0, 0.05) is 17.5 Å². The highest BCUT2D eigenvalue weighted by molar-refractivity contribution is 6.32. The smallest absolute Gasteiger partial charge is 0.293 e. The van der Waals surface area contributed by atoms with E-state index in [2.05, 4.69) is 0 Å². The number of rotatable bonds is 3. The zero-order valence-electron chi connectivity index (χ0n) is 11.3. The van der Waals surface area contributed by atoms with Gasteiger partial charge in [0.2, 0.25) is 0 Å². The van der Waals surface area contributed by atoms with Crippen LogP contribution in [0, 0.1) is 10.1 Å². The Kier molecular flexibility index (Phi) is 3.56. The Labute approximate surface area is 131 Å². The molecule has 5 nitrogen and oxygen atoms in total. The lowest BCUT2D eigenvalue weighted by molar-refractivity contribution is -0.383. The second-order valence-electron chi connectivity index (χ2n) is 4.68. The third-order valence-electron chi connectivity index (χ3n) is 3.25. The van der Waals surface area contributed by atoms with Gasteiger partial charge in [0.05, 0.1) is 9.95 Å². The number of halogens is 1. The van der Waals surface area contributed by atoms with Crippen LogP contribution >= 0.6 is 11.6 Å². The van der Waals surface area contributed by atoms with Crippen molar-refractivity contribution in [1.82, 2.24) is 0 Å². The van der Waals surface area contributed by atoms with Gasteiger partial charge in [-0.05, 0) is 11.5 Å². The summed E-state index contributed by atoms with van der Waals surface area (Å²) in [6.07, 6.45) is 0. The minimum absolute atomic E-state index is 0.00429. The van der Waals surface area contributed by atoms with E-state index in [0.29, 0.717) is 5.75 Å². The monoisotopic (exact) mass is 314 g/mol. The van der Waals surface area contributed by atoms with Crippen LogP contribution in [0.4, 0.5) is 11.4 Å². The first kappa shape index (κ1) is 14.2. The van der Waals surface area contributed by atoms with Crippen molar-refractivity contribution in [3.05, 3.63) is 69.7 Å². The molecule has 110 valence electrons. The van der Waals surface area contributed by atoms with Crippen LogP contribution < -0.4 is 10.5 Å². The normalized spacial score (nSPS) is 10.6. The van der Waals surface area contributed by atoms with Crippen molar-refractivity contribution in [3.63, 3.8) is 0 Å². The van der Waals surface area contributed by atoms with Gasteiger partial charge in [-0.1, -0.05) is 48.0 Å². The Balaban J connectivity index is 2.06. The fraction of sp³-hybridized carbons (Fsp3) is 0. The lowest BCUT2D eigenvalue weighted by Gasteiger charge is -2.11. The van der Waals surface area contributed by atoms with E-state index in [0.717, 1.165) is 10.8 Å². The maximum absolute atomic E-state index is 10.8. The Morgan fingerprint density at radius 3 is 2.55 bits per heavy atom. The van der Waals surface area contributed by atoms with Gasteiger partial charge in [-0.2, -0.15) is 0 Å². The molecule has 0 atom stereocenters. The number of fused-ring (bicyclic) bond motifs is 1. The molecule has 3 aromatic rings. The second kappa shape index (κ2) is 5.54. The van der Waals surface area contributed by atoms with Gasteiger partial charge in [0.1, 0.15) is 17.2 Å². The second-order valence-corrected chi connectivity index (χ2v) is 5.09. The van der Waals surface area contributed by atoms with E-state index in [1.54, 1.807) is 6.07 Å². The average Bonchev–Trinajstić information content (AvgIpc) is 2.50. The Bertz CT molecular complexity index is 875. The highest BCUT2D eigenvalue weighted by Crippen LogP contribution is 2.38. The number of nitrogens with zero attached hydrogens (tertiary/aromatic N) is 1. The molecule has 0 fully saturated rings. The number of benzene rings is 3. The average molecular weight is 315 g/mol. The third-order valence-corrected chi connectivity index (χ3v) is 3.54. The molecule has 0 saturated carbocycles. The van der Waals surface area contributed by atoms with Crippen molar-refractivity contribution >= 4 is 33.7 Å². The molecule has 0 unspecified atom stereocenters. The topological polar surface area (TPSA) is 78.4 Å². The molecule has 0 radical (unpaired) electrons. The van der Waals surface area contributed by atoms with E-state index >= 15 is 0 Å². The molecule has 0 aliphatic carbocycles. The molecule has 3 rings (SSSR count). The molecule has 3 aromatic carbocycles. The Hall–Kier alpha value is -2.79. The summed E-state index contributed by atoms with van der Waals surface area (Å²) in [6, 6.07) is 15.9. The van der Waals surface area contributed by atoms with Crippen LogP contribution in [0.5, 0.6) is 11.5 Å². The van der Waals surface area contributed by atoms with E-state index in [1.165, 1.54) is 12.1 Å². The molecular weight excluding hydrogens is 304 g/mol. The highest BCUT2D eigenvalue weighted by atomic mass is 35.5. The number of nitrogen functional groups attached to an aromatic ring is 1. The lowest BCUT2D eigenvalue weighted by Crippen LogP contribution is -1.97. The summed E-state index contributed by atoms with van der Waals surface area (Å²) in [5, 5.41) is 12.9. The molecule has 0 amide bonds. The predicted octanol–water partition coefficient (Wildman–Crippen LogP) is 4.78. The standard InChI is InChI=1S/C16H11ClN2O3/c17-12-8-14(19(20)21)13(18)9-16(12)22-15-7-3-5-10-4-1-2-6-11(10)15/h1-9H,18H2. The van der Waals surface area contributed by atoms with Crippen molar-refractivity contribution < 1.29 is 9.66 Å². The van der Waals surface area contributed by atoms with Crippen LogP contribution in [-0.2, 0) is 0 Å². The van der Waals surface area contributed by atoms with E-state index in [1.807, 2.05) is 36.4 Å². The zero-order valence-corrected chi connectivity index (χ0v) is 12.1. The van der Waals surface area contributed by atoms with Crippen molar-refractivity contribution in [2.24, 2.45) is 0 Å². The molecule has 0 saturated heterocycles. The molecule has 0 aliphatic rings. The molecule has 0 aliphatic heterocycles. The van der Waals surface area contributed by atoms with E-state index in [4.69, 9.17) is 22.1 Å². The molecule has 6 heteroatoms. The summed E-state index contributed by atoms with van der Waals surface area (Å²) in [7, 11) is 0. The Morgan fingerprint density at radius 2 is 1.77 bits per heavy atom. The fourth-order valence-electron chi connectivity index (χ4n) is 2.20. The predicted molar refractivity (Wildman–Crippen MR) is 86.5 cm³/mol. The van der Waals surface area contributed by atoms with Gasteiger partial charge in [-0.25, -0.2) is 0 Å². The molecule has 2 N–H and O–H groups in total. The van der Waals surface area contributed by atoms with Gasteiger partial charge < -0.3 is 10.5 Å². The van der Waals surface area contributed by atoms with E-state index in [9.17, 15) is 10.1 Å². The molecule has 0 heterocycles. The number of nitrogens with two attached hydrogens (primary N) is 1. The number of hydrogen-bond acceptors (Lipinski definition) is 4. The molecule has 0 aromatic heterocycles. The first-order valence-electron chi connectivity index (χ1n) is 6.45. The van der Waals surface area contributed by atoms with Gasteiger partial charge in [-0.3, -0.25) is 10.1 Å². The molecule has 0 spiro atoms. The van der Waals surface area contributed by atoms with Crippen LogP contribution in [0.1, 0.15) is 0 Å². The third kappa shape index (κ3) is 2.54. The number of hydrogen-bond donors (Lipinski definition) is 1. The van der Waals surface area contributed by atoms with Crippen LogP contribution in [-0.4, -0.2) is 4.92 Å². The van der Waals surface area contributed by atoms with Crippen molar-refractivity contribution in [1.29, 1.82) is 0 Å². The van der Waals surface area contributed by atoms with Crippen LogP contribution in [0.15, 0.2) is 54.6 Å². The van der Waals surface area contributed by atoms with Crippen LogP contribution in [0.25, 0.3) is 10.8 Å². The van der Waals surface area contributed by atoms with Crippen LogP contribution in [0.2, 0.25) is 5.02 Å². The summed E-state index contributed by atoms with van der Waals surface area (Å²) < 4.78 is 5.80. The van der Waals surface area contributed by atoms with Crippen molar-refractivity contribution in [2.45, 2.75) is 0 Å². The number of nitro benzene ring substituents is 1. The van der Waals surface area contributed by atoms with Gasteiger partial charge in [0.25, 0.3) is 5.69 Å². The highest BCUT2D eigenvalue weighted by Gasteiger charge is 2.17. The zero-order chi connectivity index (χ0) is 15.7. The summed E-state index contributed by atoms with van der Waals surface area (Å²) >= 11 is 6.06. The summed E-state index contributed by atoms with van der Waals surface area (Å²) in [5.41, 5.74) is 5.44. The minimum Gasteiger partial charge on any atom is -0.455 e. The van der Waals surface area contributed by atoms with Crippen molar-refractivity contribution in [3.8, 4) is 11.5 Å². The number of ether oxygens (including phenoxy) is 1. The maximum atomic E-state index is 10.8. The molecule has 0 bridgehead atoms. The summed E-state index contributed by atoms with van der Waals surface area (Å²) in [6.45, 7) is 0. The largest absolute Gasteiger partial charge is 0.455 e. The van der Waals surface area contributed by atoms with Gasteiger partial charge >= 0.3 is 0 Å². The number of nitro groups is 1. The summed E-state index contributed by atoms with van der Waals surface area (Å²) in [5.74, 6) is 0.884. The van der Waals surface area contributed by atoms with Crippen molar-refractivity contribution in [2.75, 3.05) is 5.73 Å². The minimum atomic E-state index is -0.580. The van der Waals surface area contributed by atoms with Gasteiger partial charge in [-0.15, -0.1) is 0 Å². The fourth-order valence-corrected chi connectivity index (χ4v) is 2.39. The SMILES string of the molecule is Nc1cc(Oc2cccc3ccccc23)c(Cl)cc1[N+](=O)[O-]. The molecular formula is C16H11ClN2O3. The summed E-state index contributed by atoms with van der Waals surface area (Å²) in [4.78, 5) is 10.3. The maximum Gasteiger partial charge on any atom is 0.293 e. The first-order valence-corrected chi connectivity index (χ1v) is 6.83.